The Bertz CT molecular complexity index is 222. The molecule has 0 radical (unpaired) electrons. The van der Waals surface area contributed by atoms with Crippen LogP contribution in [0.3, 0.4) is 0 Å². The monoisotopic (exact) mass is 151 g/mol. The second kappa shape index (κ2) is 2.36. The van der Waals surface area contributed by atoms with Gasteiger partial charge in [-0.05, 0) is 12.8 Å². The molecule has 0 amide bonds. The summed E-state index contributed by atoms with van der Waals surface area (Å²) in [6, 6.07) is 1.99. The SMILES string of the molecule is CC1(c2ccno2)CCCC1. The van der Waals surface area contributed by atoms with Crippen LogP contribution in [0.4, 0.5) is 0 Å². The van der Waals surface area contributed by atoms with E-state index in [2.05, 4.69) is 12.1 Å². The van der Waals surface area contributed by atoms with Gasteiger partial charge in [-0.3, -0.25) is 0 Å². The van der Waals surface area contributed by atoms with Crippen LogP contribution in [0.15, 0.2) is 16.8 Å². The van der Waals surface area contributed by atoms with Gasteiger partial charge in [-0.1, -0.05) is 24.9 Å². The quantitative estimate of drug-likeness (QED) is 0.616. The lowest BCUT2D eigenvalue weighted by Crippen LogP contribution is -2.15. The molecular weight excluding hydrogens is 138 g/mol. The van der Waals surface area contributed by atoms with Gasteiger partial charge in [0.1, 0.15) is 5.76 Å². The van der Waals surface area contributed by atoms with Gasteiger partial charge in [-0.25, -0.2) is 0 Å². The van der Waals surface area contributed by atoms with Crippen molar-refractivity contribution in [2.45, 2.75) is 38.0 Å². The molecule has 1 aromatic rings. The normalized spacial score (nSPS) is 22.3. The number of rotatable bonds is 1. The number of hydrogen-bond acceptors (Lipinski definition) is 2. The van der Waals surface area contributed by atoms with Crippen LogP contribution < -0.4 is 0 Å². The van der Waals surface area contributed by atoms with Crippen LogP contribution in [0.1, 0.15) is 38.4 Å². The second-order valence-corrected chi connectivity index (χ2v) is 3.64. The molecule has 0 aliphatic heterocycles. The lowest BCUT2D eigenvalue weighted by atomic mass is 9.86. The zero-order chi connectivity index (χ0) is 7.73. The highest BCUT2D eigenvalue weighted by Crippen LogP contribution is 2.40. The zero-order valence-corrected chi connectivity index (χ0v) is 6.84. The van der Waals surface area contributed by atoms with Crippen molar-refractivity contribution in [1.82, 2.24) is 5.16 Å². The van der Waals surface area contributed by atoms with Crippen molar-refractivity contribution in [3.63, 3.8) is 0 Å². The minimum absolute atomic E-state index is 0.288. The maximum absolute atomic E-state index is 5.17. The fraction of sp³-hybridized carbons (Fsp3) is 0.667. The Kier molecular flexibility index (Phi) is 1.48. The van der Waals surface area contributed by atoms with Gasteiger partial charge in [0.25, 0.3) is 0 Å². The van der Waals surface area contributed by atoms with E-state index in [0.29, 0.717) is 0 Å². The van der Waals surface area contributed by atoms with Crippen molar-refractivity contribution in [1.29, 1.82) is 0 Å². The third kappa shape index (κ3) is 1.06. The van der Waals surface area contributed by atoms with Crippen LogP contribution in [-0.4, -0.2) is 5.16 Å². The molecule has 1 aliphatic carbocycles. The van der Waals surface area contributed by atoms with E-state index in [1.165, 1.54) is 25.7 Å². The van der Waals surface area contributed by atoms with Crippen LogP contribution in [0.5, 0.6) is 0 Å². The number of aromatic nitrogens is 1. The molecule has 0 unspecified atom stereocenters. The number of nitrogens with zero attached hydrogens (tertiary/aromatic N) is 1. The standard InChI is InChI=1S/C9H13NO/c1-9(5-2-3-6-9)8-4-7-10-11-8/h4,7H,2-3,5-6H2,1H3. The third-order valence-electron chi connectivity index (χ3n) is 2.74. The zero-order valence-electron chi connectivity index (χ0n) is 6.84. The minimum Gasteiger partial charge on any atom is -0.361 e. The summed E-state index contributed by atoms with van der Waals surface area (Å²) >= 11 is 0. The molecule has 0 saturated heterocycles. The highest BCUT2D eigenvalue weighted by atomic mass is 16.5. The summed E-state index contributed by atoms with van der Waals surface area (Å²) in [7, 11) is 0. The van der Waals surface area contributed by atoms with Crippen molar-refractivity contribution < 1.29 is 4.52 Å². The molecular formula is C9H13NO. The first-order valence-electron chi connectivity index (χ1n) is 4.22. The third-order valence-corrected chi connectivity index (χ3v) is 2.74. The molecule has 2 heteroatoms. The van der Waals surface area contributed by atoms with Crippen LogP contribution in [0.2, 0.25) is 0 Å². The Balaban J connectivity index is 2.27. The molecule has 11 heavy (non-hydrogen) atoms. The molecule has 1 aliphatic rings. The van der Waals surface area contributed by atoms with E-state index in [9.17, 15) is 0 Å². The first-order valence-corrected chi connectivity index (χ1v) is 4.22. The number of hydrogen-bond donors (Lipinski definition) is 0. The van der Waals surface area contributed by atoms with Gasteiger partial charge in [0.15, 0.2) is 0 Å². The Morgan fingerprint density at radius 1 is 1.45 bits per heavy atom. The summed E-state index contributed by atoms with van der Waals surface area (Å²) in [5.41, 5.74) is 0.288. The van der Waals surface area contributed by atoms with Crippen LogP contribution in [0, 0.1) is 0 Å². The Labute approximate surface area is 66.6 Å². The van der Waals surface area contributed by atoms with E-state index in [-0.39, 0.29) is 5.41 Å². The highest BCUT2D eigenvalue weighted by Gasteiger charge is 2.33. The second-order valence-electron chi connectivity index (χ2n) is 3.64. The Morgan fingerprint density at radius 3 is 2.73 bits per heavy atom. The predicted molar refractivity (Wildman–Crippen MR) is 42.3 cm³/mol. The molecule has 1 aromatic heterocycles. The molecule has 1 fully saturated rings. The van der Waals surface area contributed by atoms with Crippen molar-refractivity contribution in [2.24, 2.45) is 0 Å². The summed E-state index contributed by atoms with van der Waals surface area (Å²) in [4.78, 5) is 0. The van der Waals surface area contributed by atoms with Crippen molar-refractivity contribution in [3.05, 3.63) is 18.0 Å². The first-order chi connectivity index (χ1) is 5.31. The van der Waals surface area contributed by atoms with Crippen LogP contribution >= 0.6 is 0 Å². The van der Waals surface area contributed by atoms with Crippen molar-refractivity contribution in [2.75, 3.05) is 0 Å². The van der Waals surface area contributed by atoms with Crippen molar-refractivity contribution >= 4 is 0 Å². The van der Waals surface area contributed by atoms with E-state index in [1.54, 1.807) is 6.20 Å². The summed E-state index contributed by atoms with van der Waals surface area (Å²) in [6.07, 6.45) is 6.90. The molecule has 0 aromatic carbocycles. The highest BCUT2D eigenvalue weighted by molar-refractivity contribution is 5.11. The molecule has 0 spiro atoms. The van der Waals surface area contributed by atoms with Gasteiger partial charge < -0.3 is 4.52 Å². The molecule has 0 atom stereocenters. The van der Waals surface area contributed by atoms with Crippen LogP contribution in [-0.2, 0) is 5.41 Å². The lowest BCUT2D eigenvalue weighted by molar-refractivity contribution is 0.305. The van der Waals surface area contributed by atoms with E-state index < -0.39 is 0 Å². The Morgan fingerprint density at radius 2 is 2.18 bits per heavy atom. The summed E-state index contributed by atoms with van der Waals surface area (Å²) in [5.74, 6) is 1.06. The molecule has 60 valence electrons. The average molecular weight is 151 g/mol. The summed E-state index contributed by atoms with van der Waals surface area (Å²) in [5, 5.41) is 3.74. The largest absolute Gasteiger partial charge is 0.361 e. The molecule has 2 nitrogen and oxygen atoms in total. The van der Waals surface area contributed by atoms with E-state index in [0.717, 1.165) is 5.76 Å². The van der Waals surface area contributed by atoms with Gasteiger partial charge in [0, 0.05) is 11.5 Å². The first kappa shape index (κ1) is 6.89. The molecule has 1 saturated carbocycles. The molecule has 0 N–H and O–H groups in total. The van der Waals surface area contributed by atoms with E-state index >= 15 is 0 Å². The minimum atomic E-state index is 0.288. The maximum Gasteiger partial charge on any atom is 0.142 e. The van der Waals surface area contributed by atoms with Crippen molar-refractivity contribution in [3.8, 4) is 0 Å². The smallest absolute Gasteiger partial charge is 0.142 e. The summed E-state index contributed by atoms with van der Waals surface area (Å²) in [6.45, 7) is 2.26. The van der Waals surface area contributed by atoms with Gasteiger partial charge in [-0.15, -0.1) is 0 Å². The average Bonchev–Trinajstić information content (AvgIpc) is 2.55. The van der Waals surface area contributed by atoms with E-state index in [1.807, 2.05) is 6.07 Å². The fourth-order valence-electron chi connectivity index (χ4n) is 1.93. The summed E-state index contributed by atoms with van der Waals surface area (Å²) < 4.78 is 5.17. The Hall–Kier alpha value is -0.790. The molecule has 0 bridgehead atoms. The van der Waals surface area contributed by atoms with Gasteiger partial charge in [-0.2, -0.15) is 0 Å². The lowest BCUT2D eigenvalue weighted by Gasteiger charge is -2.18. The molecule has 1 heterocycles. The van der Waals surface area contributed by atoms with Gasteiger partial charge >= 0.3 is 0 Å². The topological polar surface area (TPSA) is 26.0 Å². The van der Waals surface area contributed by atoms with Gasteiger partial charge in [0.05, 0.1) is 6.20 Å². The molecule has 2 rings (SSSR count). The van der Waals surface area contributed by atoms with Gasteiger partial charge in [0.2, 0.25) is 0 Å². The predicted octanol–water partition coefficient (Wildman–Crippen LogP) is 2.51. The fourth-order valence-corrected chi connectivity index (χ4v) is 1.93. The van der Waals surface area contributed by atoms with E-state index in [4.69, 9.17) is 4.52 Å². The maximum atomic E-state index is 5.17. The van der Waals surface area contributed by atoms with Crippen LogP contribution in [0.25, 0.3) is 0 Å².